The molecule has 1 aromatic heterocycles. The smallest absolute Gasteiger partial charge is 0.309 e. The SMILES string of the molecule is CC(=Cc1csc(C)n1)[C@@H]1C[C@@H]2O[C@]2(C)CC=C[C@H](C)[C@H](O)[C@@H](C)C(=O)C(C)(C)[C@@H](O)CC(=O)O1. The third kappa shape index (κ3) is 6.47. The van der Waals surface area contributed by atoms with Gasteiger partial charge in [0, 0.05) is 23.6 Å². The maximum Gasteiger partial charge on any atom is 0.309 e. The summed E-state index contributed by atoms with van der Waals surface area (Å²) in [6.45, 7) is 12.6. The number of aliphatic hydroxyl groups excluding tert-OH is 2. The van der Waals surface area contributed by atoms with Crippen LogP contribution in [0.15, 0.2) is 23.1 Å². The Balaban J connectivity index is 1.89. The van der Waals surface area contributed by atoms with E-state index in [0.29, 0.717) is 12.8 Å². The lowest BCUT2D eigenvalue weighted by Crippen LogP contribution is -2.45. The van der Waals surface area contributed by atoms with Gasteiger partial charge < -0.3 is 19.7 Å². The quantitative estimate of drug-likeness (QED) is 0.351. The minimum atomic E-state index is -1.25. The van der Waals surface area contributed by atoms with E-state index in [9.17, 15) is 19.8 Å². The van der Waals surface area contributed by atoms with E-state index in [1.807, 2.05) is 51.3 Å². The highest BCUT2D eigenvalue weighted by Gasteiger charge is 2.52. The number of epoxide rings is 1. The van der Waals surface area contributed by atoms with Crippen LogP contribution in [0.2, 0.25) is 0 Å². The Morgan fingerprint density at radius 2 is 1.91 bits per heavy atom. The van der Waals surface area contributed by atoms with Crippen LogP contribution in [0, 0.1) is 24.2 Å². The number of hydrogen-bond donors (Lipinski definition) is 2. The second kappa shape index (κ2) is 10.6. The van der Waals surface area contributed by atoms with Crippen LogP contribution in [-0.4, -0.2) is 57.0 Å². The topological polar surface area (TPSA) is 109 Å². The number of carbonyl (C=O) groups excluding carboxylic acids is 2. The van der Waals surface area contributed by atoms with Crippen molar-refractivity contribution in [2.75, 3.05) is 0 Å². The second-order valence-corrected chi connectivity index (χ2v) is 12.0. The van der Waals surface area contributed by atoms with E-state index in [2.05, 4.69) is 4.98 Å². The van der Waals surface area contributed by atoms with Crippen molar-refractivity contribution in [3.05, 3.63) is 33.8 Å². The third-order valence-electron chi connectivity index (χ3n) is 7.51. The number of esters is 1. The van der Waals surface area contributed by atoms with Crippen LogP contribution in [0.1, 0.15) is 71.5 Å². The summed E-state index contributed by atoms with van der Waals surface area (Å²) in [6, 6.07) is 0. The molecule has 7 atom stereocenters. The van der Waals surface area contributed by atoms with Crippen molar-refractivity contribution in [1.29, 1.82) is 0 Å². The lowest BCUT2D eigenvalue weighted by atomic mass is 9.73. The van der Waals surface area contributed by atoms with Crippen LogP contribution in [0.3, 0.4) is 0 Å². The lowest BCUT2D eigenvalue weighted by molar-refractivity contribution is -0.154. The number of cyclic esters (lactones) is 1. The predicted octanol–water partition coefficient (Wildman–Crippen LogP) is 4.25. The van der Waals surface area contributed by atoms with Gasteiger partial charge >= 0.3 is 5.97 Å². The highest BCUT2D eigenvalue weighted by atomic mass is 32.1. The van der Waals surface area contributed by atoms with Gasteiger partial charge in [0.05, 0.1) is 46.5 Å². The number of thiazole rings is 1. The second-order valence-electron chi connectivity index (χ2n) is 10.9. The number of fused-ring (bicyclic) bond motifs is 1. The summed E-state index contributed by atoms with van der Waals surface area (Å²) in [5.41, 5.74) is 0.0391. The molecule has 0 bridgehead atoms. The number of Topliss-reactive ketones (excluding diaryl/α,β-unsaturated/α-hetero) is 1. The molecule has 2 aliphatic heterocycles. The predicted molar refractivity (Wildman–Crippen MR) is 136 cm³/mol. The first-order chi connectivity index (χ1) is 16.2. The molecule has 3 heterocycles. The summed E-state index contributed by atoms with van der Waals surface area (Å²) < 4.78 is 11.9. The maximum absolute atomic E-state index is 13.2. The zero-order chi connectivity index (χ0) is 26.1. The Bertz CT molecular complexity index is 998. The Morgan fingerprint density at radius 3 is 2.54 bits per heavy atom. The van der Waals surface area contributed by atoms with Gasteiger partial charge in [-0.1, -0.05) is 39.8 Å². The molecule has 7 nitrogen and oxygen atoms in total. The molecule has 0 aliphatic carbocycles. The number of ketones is 1. The van der Waals surface area contributed by atoms with Gasteiger partial charge in [-0.3, -0.25) is 9.59 Å². The van der Waals surface area contributed by atoms with Crippen LogP contribution in [0.5, 0.6) is 0 Å². The normalized spacial score (nSPS) is 37.0. The van der Waals surface area contributed by atoms with Crippen LogP contribution >= 0.6 is 11.3 Å². The van der Waals surface area contributed by atoms with Gasteiger partial charge in [0.25, 0.3) is 0 Å². The first-order valence-electron chi connectivity index (χ1n) is 12.3. The first-order valence-corrected chi connectivity index (χ1v) is 13.2. The molecule has 194 valence electrons. The van der Waals surface area contributed by atoms with Crippen molar-refractivity contribution in [2.45, 2.75) is 97.7 Å². The molecular weight excluding hydrogens is 466 g/mol. The Hall–Kier alpha value is -1.87. The first kappa shape index (κ1) is 27.7. The van der Waals surface area contributed by atoms with Crippen molar-refractivity contribution in [3.8, 4) is 0 Å². The van der Waals surface area contributed by atoms with Gasteiger partial charge in [-0.05, 0) is 38.8 Å². The van der Waals surface area contributed by atoms with E-state index < -0.39 is 35.6 Å². The molecule has 1 aromatic rings. The summed E-state index contributed by atoms with van der Waals surface area (Å²) in [6.07, 6.45) is 3.84. The molecule has 2 N–H and O–H groups in total. The van der Waals surface area contributed by atoms with Crippen LogP contribution in [-0.2, 0) is 19.1 Å². The number of aryl methyl sites for hydroxylation is 1. The van der Waals surface area contributed by atoms with Gasteiger partial charge in [-0.15, -0.1) is 11.3 Å². The summed E-state index contributed by atoms with van der Waals surface area (Å²) in [4.78, 5) is 30.6. The fourth-order valence-corrected chi connectivity index (χ4v) is 5.24. The fourth-order valence-electron chi connectivity index (χ4n) is 4.67. The summed E-state index contributed by atoms with van der Waals surface area (Å²) in [5, 5.41) is 24.5. The monoisotopic (exact) mass is 505 g/mol. The average Bonchev–Trinajstić information content (AvgIpc) is 3.22. The molecule has 0 amide bonds. The van der Waals surface area contributed by atoms with E-state index in [-0.39, 0.29) is 29.8 Å². The van der Waals surface area contributed by atoms with E-state index in [1.54, 1.807) is 32.1 Å². The average molecular weight is 506 g/mol. The van der Waals surface area contributed by atoms with E-state index >= 15 is 0 Å². The molecule has 1 saturated heterocycles. The largest absolute Gasteiger partial charge is 0.458 e. The number of ether oxygens (including phenoxy) is 2. The van der Waals surface area contributed by atoms with E-state index in [4.69, 9.17) is 9.47 Å². The highest BCUT2D eigenvalue weighted by molar-refractivity contribution is 7.09. The third-order valence-corrected chi connectivity index (χ3v) is 8.30. The van der Waals surface area contributed by atoms with Crippen molar-refractivity contribution in [2.24, 2.45) is 17.3 Å². The molecule has 8 heteroatoms. The van der Waals surface area contributed by atoms with Crippen molar-refractivity contribution >= 4 is 29.2 Å². The van der Waals surface area contributed by atoms with Crippen molar-refractivity contribution in [1.82, 2.24) is 4.98 Å². The summed E-state index contributed by atoms with van der Waals surface area (Å²) in [5.74, 6) is -1.83. The van der Waals surface area contributed by atoms with Crippen molar-refractivity contribution in [3.63, 3.8) is 0 Å². The molecule has 1 fully saturated rings. The maximum atomic E-state index is 13.2. The molecule has 0 radical (unpaired) electrons. The van der Waals surface area contributed by atoms with Crippen LogP contribution < -0.4 is 0 Å². The van der Waals surface area contributed by atoms with E-state index in [0.717, 1.165) is 16.3 Å². The molecule has 35 heavy (non-hydrogen) atoms. The molecular formula is C27H39NO6S. The highest BCUT2D eigenvalue weighted by Crippen LogP contribution is 2.44. The molecule has 0 spiro atoms. The molecule has 0 unspecified atom stereocenters. The van der Waals surface area contributed by atoms with Gasteiger partial charge in [0.15, 0.2) is 0 Å². The lowest BCUT2D eigenvalue weighted by Gasteiger charge is -2.34. The molecule has 3 rings (SSSR count). The van der Waals surface area contributed by atoms with Gasteiger partial charge in [-0.25, -0.2) is 4.98 Å². The number of rotatable bonds is 2. The number of aromatic nitrogens is 1. The summed E-state index contributed by atoms with van der Waals surface area (Å²) >= 11 is 1.55. The molecule has 0 aromatic carbocycles. The zero-order valence-corrected chi connectivity index (χ0v) is 22.6. The molecule has 0 saturated carbocycles. The standard InChI is InChI=1S/C27H39NO6S/c1-15-9-8-10-27(7)22(34-27)12-20(16(2)11-19-14-35-18(4)28-19)33-23(30)13-21(29)26(5,6)25(32)17(3)24(15)31/h8-9,11,14-15,17,20-22,24,29,31H,10,12-13H2,1-7H3/t15-,17+,20-,21-,22-,24-,27+/m0/s1. The van der Waals surface area contributed by atoms with Crippen LogP contribution in [0.4, 0.5) is 0 Å². The van der Waals surface area contributed by atoms with Crippen LogP contribution in [0.25, 0.3) is 6.08 Å². The van der Waals surface area contributed by atoms with Gasteiger partial charge in [-0.2, -0.15) is 0 Å². The number of carbonyl (C=O) groups is 2. The summed E-state index contributed by atoms with van der Waals surface area (Å²) in [7, 11) is 0. The Kier molecular flexibility index (Phi) is 8.41. The minimum absolute atomic E-state index is 0.0968. The van der Waals surface area contributed by atoms with E-state index in [1.165, 1.54) is 0 Å². The van der Waals surface area contributed by atoms with Gasteiger partial charge in [0.2, 0.25) is 0 Å². The van der Waals surface area contributed by atoms with Crippen molar-refractivity contribution < 1.29 is 29.3 Å². The minimum Gasteiger partial charge on any atom is -0.458 e. The number of hydrogen-bond acceptors (Lipinski definition) is 8. The zero-order valence-electron chi connectivity index (χ0n) is 21.8. The Labute approximate surface area is 212 Å². The molecule has 2 aliphatic rings. The number of nitrogens with zero attached hydrogens (tertiary/aromatic N) is 1. The number of aliphatic hydroxyl groups is 2. The fraction of sp³-hybridized carbons (Fsp3) is 0.667. The van der Waals surface area contributed by atoms with Gasteiger partial charge in [0.1, 0.15) is 11.9 Å². The Morgan fingerprint density at radius 1 is 1.23 bits per heavy atom.